The van der Waals surface area contributed by atoms with Crippen molar-refractivity contribution in [2.45, 2.75) is 26.2 Å². The first-order chi connectivity index (χ1) is 11.1. The molecule has 1 aromatic carbocycles. The van der Waals surface area contributed by atoms with Gasteiger partial charge in [-0.05, 0) is 30.0 Å². The number of thiazole rings is 1. The SMILES string of the molecule is CCC(C)c1cccc(NC(=O)c2cnc3sccn3c2=O)c1. The molecule has 0 aliphatic rings. The van der Waals surface area contributed by atoms with Gasteiger partial charge in [0.25, 0.3) is 11.5 Å². The van der Waals surface area contributed by atoms with Crippen LogP contribution in [-0.4, -0.2) is 15.3 Å². The molecule has 6 heteroatoms. The van der Waals surface area contributed by atoms with Crippen LogP contribution in [0.2, 0.25) is 0 Å². The Balaban J connectivity index is 1.89. The van der Waals surface area contributed by atoms with Crippen molar-refractivity contribution < 1.29 is 4.79 Å². The molecule has 3 rings (SSSR count). The minimum absolute atomic E-state index is 0.0369. The van der Waals surface area contributed by atoms with E-state index in [-0.39, 0.29) is 11.1 Å². The largest absolute Gasteiger partial charge is 0.322 e. The van der Waals surface area contributed by atoms with E-state index in [4.69, 9.17) is 0 Å². The Bertz CT molecular complexity index is 913. The van der Waals surface area contributed by atoms with Gasteiger partial charge in [0.2, 0.25) is 0 Å². The van der Waals surface area contributed by atoms with Crippen LogP contribution in [0.5, 0.6) is 0 Å². The van der Waals surface area contributed by atoms with E-state index in [1.807, 2.05) is 24.3 Å². The minimum atomic E-state index is -0.440. The molecule has 23 heavy (non-hydrogen) atoms. The van der Waals surface area contributed by atoms with Crippen molar-refractivity contribution in [3.63, 3.8) is 0 Å². The lowest BCUT2D eigenvalue weighted by Gasteiger charge is -2.11. The lowest BCUT2D eigenvalue weighted by atomic mass is 9.98. The van der Waals surface area contributed by atoms with E-state index < -0.39 is 5.91 Å². The molecular formula is C17H17N3O2S. The van der Waals surface area contributed by atoms with E-state index in [1.54, 1.807) is 11.6 Å². The van der Waals surface area contributed by atoms with E-state index in [0.717, 1.165) is 12.0 Å². The first-order valence-electron chi connectivity index (χ1n) is 7.46. The first kappa shape index (κ1) is 15.4. The zero-order valence-electron chi connectivity index (χ0n) is 12.9. The Morgan fingerprint density at radius 2 is 2.26 bits per heavy atom. The van der Waals surface area contributed by atoms with Crippen molar-refractivity contribution in [2.24, 2.45) is 0 Å². The van der Waals surface area contributed by atoms with Gasteiger partial charge in [-0.15, -0.1) is 11.3 Å². The lowest BCUT2D eigenvalue weighted by Crippen LogP contribution is -2.25. The molecule has 0 bridgehead atoms. The second kappa shape index (κ2) is 6.34. The highest BCUT2D eigenvalue weighted by molar-refractivity contribution is 7.15. The van der Waals surface area contributed by atoms with Gasteiger partial charge in [-0.1, -0.05) is 26.0 Å². The van der Waals surface area contributed by atoms with Gasteiger partial charge in [0.15, 0.2) is 4.96 Å². The molecule has 0 saturated heterocycles. The van der Waals surface area contributed by atoms with E-state index in [9.17, 15) is 9.59 Å². The number of nitrogens with one attached hydrogen (secondary N) is 1. The van der Waals surface area contributed by atoms with Gasteiger partial charge in [-0.3, -0.25) is 14.0 Å². The number of benzene rings is 1. The van der Waals surface area contributed by atoms with Crippen LogP contribution in [0.4, 0.5) is 5.69 Å². The van der Waals surface area contributed by atoms with Crippen molar-refractivity contribution in [3.8, 4) is 0 Å². The fraction of sp³-hybridized carbons (Fsp3) is 0.235. The number of carbonyl (C=O) groups is 1. The molecule has 0 aliphatic heterocycles. The Morgan fingerprint density at radius 3 is 3.04 bits per heavy atom. The summed E-state index contributed by atoms with van der Waals surface area (Å²) in [6, 6.07) is 7.71. The molecule has 2 aromatic heterocycles. The molecule has 2 heterocycles. The number of fused-ring (bicyclic) bond motifs is 1. The van der Waals surface area contributed by atoms with Gasteiger partial charge in [-0.2, -0.15) is 0 Å². The lowest BCUT2D eigenvalue weighted by molar-refractivity contribution is 0.102. The molecule has 0 aliphatic carbocycles. The van der Waals surface area contributed by atoms with E-state index in [2.05, 4.69) is 24.1 Å². The number of carbonyl (C=O) groups excluding carboxylic acids is 1. The quantitative estimate of drug-likeness (QED) is 0.797. The first-order valence-corrected chi connectivity index (χ1v) is 8.34. The van der Waals surface area contributed by atoms with Crippen LogP contribution in [0.3, 0.4) is 0 Å². The molecule has 5 nitrogen and oxygen atoms in total. The third-order valence-electron chi connectivity index (χ3n) is 3.91. The topological polar surface area (TPSA) is 63.5 Å². The maximum Gasteiger partial charge on any atom is 0.271 e. The number of nitrogens with zero attached hydrogens (tertiary/aromatic N) is 2. The fourth-order valence-corrected chi connectivity index (χ4v) is 3.01. The normalized spacial score (nSPS) is 12.3. The Morgan fingerprint density at radius 1 is 1.43 bits per heavy atom. The predicted molar refractivity (Wildman–Crippen MR) is 92.4 cm³/mol. The third kappa shape index (κ3) is 3.03. The maximum absolute atomic E-state index is 12.4. The van der Waals surface area contributed by atoms with Crippen molar-refractivity contribution in [2.75, 3.05) is 5.32 Å². The summed E-state index contributed by atoms with van der Waals surface area (Å²) in [4.78, 5) is 29.4. The molecule has 3 aromatic rings. The summed E-state index contributed by atoms with van der Waals surface area (Å²) >= 11 is 1.35. The molecule has 0 saturated carbocycles. The molecule has 1 atom stereocenters. The molecule has 0 fully saturated rings. The summed E-state index contributed by atoms with van der Waals surface area (Å²) in [5, 5.41) is 4.55. The van der Waals surface area contributed by atoms with Crippen LogP contribution in [0, 0.1) is 0 Å². The van der Waals surface area contributed by atoms with Gasteiger partial charge in [0, 0.05) is 23.5 Å². The zero-order valence-corrected chi connectivity index (χ0v) is 13.8. The molecule has 1 N–H and O–H groups in total. The summed E-state index contributed by atoms with van der Waals surface area (Å²) in [7, 11) is 0. The Hall–Kier alpha value is -2.47. The molecule has 118 valence electrons. The average Bonchev–Trinajstić information content (AvgIpc) is 3.04. The maximum atomic E-state index is 12.4. The highest BCUT2D eigenvalue weighted by Crippen LogP contribution is 2.21. The van der Waals surface area contributed by atoms with E-state index in [0.29, 0.717) is 16.6 Å². The third-order valence-corrected chi connectivity index (χ3v) is 4.68. The van der Waals surface area contributed by atoms with Crippen LogP contribution in [0.15, 0.2) is 46.8 Å². The highest BCUT2D eigenvalue weighted by Gasteiger charge is 2.14. The molecule has 0 spiro atoms. The number of hydrogen-bond acceptors (Lipinski definition) is 4. The molecular weight excluding hydrogens is 310 g/mol. The standard InChI is InChI=1S/C17H17N3O2S/c1-3-11(2)12-5-4-6-13(9-12)19-15(21)14-10-18-17-20(16(14)22)7-8-23-17/h4-11H,3H2,1-2H3,(H,19,21). The number of anilines is 1. The number of aromatic nitrogens is 2. The van der Waals surface area contributed by atoms with Gasteiger partial charge in [0.1, 0.15) is 5.56 Å². The van der Waals surface area contributed by atoms with Crippen LogP contribution in [0.25, 0.3) is 4.96 Å². The van der Waals surface area contributed by atoms with Gasteiger partial charge in [0.05, 0.1) is 0 Å². The van der Waals surface area contributed by atoms with E-state index >= 15 is 0 Å². The van der Waals surface area contributed by atoms with Crippen molar-refractivity contribution in [1.82, 2.24) is 9.38 Å². The smallest absolute Gasteiger partial charge is 0.271 e. The number of rotatable bonds is 4. The summed E-state index contributed by atoms with van der Waals surface area (Å²) in [5.74, 6) is -0.0225. The summed E-state index contributed by atoms with van der Waals surface area (Å²) in [6.07, 6.45) is 3.98. The fourth-order valence-electron chi connectivity index (χ4n) is 2.34. The predicted octanol–water partition coefficient (Wildman–Crippen LogP) is 3.52. The van der Waals surface area contributed by atoms with Crippen LogP contribution < -0.4 is 10.9 Å². The molecule has 0 radical (unpaired) electrons. The van der Waals surface area contributed by atoms with Crippen LogP contribution >= 0.6 is 11.3 Å². The number of hydrogen-bond donors (Lipinski definition) is 1. The Kier molecular flexibility index (Phi) is 4.25. The zero-order chi connectivity index (χ0) is 16.4. The van der Waals surface area contributed by atoms with Crippen molar-refractivity contribution >= 4 is 27.9 Å². The van der Waals surface area contributed by atoms with Gasteiger partial charge >= 0.3 is 0 Å². The molecule has 1 unspecified atom stereocenters. The minimum Gasteiger partial charge on any atom is -0.322 e. The summed E-state index contributed by atoms with van der Waals surface area (Å²) < 4.78 is 1.38. The monoisotopic (exact) mass is 327 g/mol. The van der Waals surface area contributed by atoms with Crippen LogP contribution in [0.1, 0.15) is 42.1 Å². The van der Waals surface area contributed by atoms with Crippen LogP contribution in [-0.2, 0) is 0 Å². The average molecular weight is 327 g/mol. The summed E-state index contributed by atoms with van der Waals surface area (Å²) in [6.45, 7) is 4.26. The second-order valence-electron chi connectivity index (χ2n) is 5.42. The van der Waals surface area contributed by atoms with E-state index in [1.165, 1.54) is 21.9 Å². The summed E-state index contributed by atoms with van der Waals surface area (Å²) in [5.41, 5.74) is 1.53. The Labute approximate surface area is 137 Å². The number of amides is 1. The highest BCUT2D eigenvalue weighted by atomic mass is 32.1. The van der Waals surface area contributed by atoms with Gasteiger partial charge < -0.3 is 5.32 Å². The second-order valence-corrected chi connectivity index (χ2v) is 6.29. The van der Waals surface area contributed by atoms with Crippen molar-refractivity contribution in [3.05, 3.63) is 63.5 Å². The van der Waals surface area contributed by atoms with Crippen molar-refractivity contribution in [1.29, 1.82) is 0 Å². The van der Waals surface area contributed by atoms with Gasteiger partial charge in [-0.25, -0.2) is 4.98 Å². The molecule has 1 amide bonds.